The Morgan fingerprint density at radius 3 is 2.67 bits per heavy atom. The Hall–Kier alpha value is -2.81. The number of aromatic nitrogens is 1. The van der Waals surface area contributed by atoms with Crippen LogP contribution in [-0.2, 0) is 4.74 Å². The van der Waals surface area contributed by atoms with Gasteiger partial charge in [0.2, 0.25) is 0 Å². The fourth-order valence-corrected chi connectivity index (χ4v) is 3.11. The van der Waals surface area contributed by atoms with Gasteiger partial charge < -0.3 is 10.1 Å². The number of benzene rings is 1. The van der Waals surface area contributed by atoms with Gasteiger partial charge in [-0.2, -0.15) is 0 Å². The van der Waals surface area contributed by atoms with E-state index in [9.17, 15) is 19.7 Å². The molecule has 2 rings (SSSR count). The van der Waals surface area contributed by atoms with Crippen LogP contribution in [0.25, 0.3) is 5.69 Å². The molecule has 0 spiro atoms. The summed E-state index contributed by atoms with van der Waals surface area (Å²) in [5.41, 5.74) is -0.333. The summed E-state index contributed by atoms with van der Waals surface area (Å²) in [7, 11) is 0. The van der Waals surface area contributed by atoms with Gasteiger partial charge in [-0.05, 0) is 39.0 Å². The van der Waals surface area contributed by atoms with Gasteiger partial charge in [0.15, 0.2) is 0 Å². The predicted molar refractivity (Wildman–Crippen MR) is 104 cm³/mol. The highest BCUT2D eigenvalue weighted by atomic mass is 32.2. The summed E-state index contributed by atoms with van der Waals surface area (Å²) in [6.07, 6.45) is 1.06. The summed E-state index contributed by atoms with van der Waals surface area (Å²) in [6, 6.07) is 9.25. The molecule has 0 aliphatic carbocycles. The molecule has 0 saturated carbocycles. The number of nitro benzene ring substituents is 1. The lowest BCUT2D eigenvalue weighted by Crippen LogP contribution is -2.33. The lowest BCUT2D eigenvalue weighted by molar-refractivity contribution is -0.387. The Balaban J connectivity index is 2.09. The molecule has 1 heterocycles. The number of amides is 1. The summed E-state index contributed by atoms with van der Waals surface area (Å²) in [6.45, 7) is 5.58. The molecule has 0 aliphatic heterocycles. The number of carbonyl (C=O) groups excluding carboxylic acids is 1. The molecule has 0 saturated heterocycles. The number of hydrogen-bond acceptors (Lipinski definition) is 6. The zero-order valence-electron chi connectivity index (χ0n) is 15.3. The number of nitro groups is 1. The Bertz CT molecular complexity index is 889. The Morgan fingerprint density at radius 1 is 1.30 bits per heavy atom. The van der Waals surface area contributed by atoms with Gasteiger partial charge >= 0.3 is 6.09 Å². The normalized spacial score (nSPS) is 11.1. The SMILES string of the molecule is CC(C)(C)OC(=O)NCCSc1cc(-n2ccccc2=O)ccc1[N+](=O)[O-]. The van der Waals surface area contributed by atoms with Crippen LogP contribution in [0.2, 0.25) is 0 Å². The highest BCUT2D eigenvalue weighted by Crippen LogP contribution is 2.30. The van der Waals surface area contributed by atoms with E-state index in [-0.39, 0.29) is 17.8 Å². The first kappa shape index (κ1) is 20.5. The first-order chi connectivity index (χ1) is 12.7. The van der Waals surface area contributed by atoms with Gasteiger partial charge in [-0.15, -0.1) is 11.8 Å². The molecular weight excluding hydrogens is 370 g/mol. The van der Waals surface area contributed by atoms with E-state index in [4.69, 9.17) is 4.74 Å². The Kier molecular flexibility index (Phi) is 6.62. The van der Waals surface area contributed by atoms with Crippen molar-refractivity contribution in [3.8, 4) is 5.69 Å². The third-order valence-electron chi connectivity index (χ3n) is 3.27. The fourth-order valence-electron chi connectivity index (χ4n) is 2.19. The van der Waals surface area contributed by atoms with E-state index >= 15 is 0 Å². The van der Waals surface area contributed by atoms with Crippen molar-refractivity contribution >= 4 is 23.5 Å². The van der Waals surface area contributed by atoms with Gasteiger partial charge in [-0.3, -0.25) is 19.5 Å². The second-order valence-corrected chi connectivity index (χ2v) is 7.73. The number of thioether (sulfide) groups is 1. The molecule has 0 aliphatic rings. The van der Waals surface area contributed by atoms with Crippen LogP contribution < -0.4 is 10.9 Å². The van der Waals surface area contributed by atoms with E-state index in [0.717, 1.165) is 0 Å². The standard InChI is InChI=1S/C18H21N3O5S/c1-18(2,3)26-17(23)19-9-11-27-15-12-13(7-8-14(15)21(24)25)20-10-5-4-6-16(20)22/h4-8,10,12H,9,11H2,1-3H3,(H,19,23). The minimum atomic E-state index is -0.590. The van der Waals surface area contributed by atoms with Crippen molar-refractivity contribution in [3.05, 3.63) is 63.1 Å². The number of hydrogen-bond donors (Lipinski definition) is 1. The number of rotatable bonds is 6. The minimum Gasteiger partial charge on any atom is -0.444 e. The molecule has 8 nitrogen and oxygen atoms in total. The van der Waals surface area contributed by atoms with Crippen LogP contribution in [0.5, 0.6) is 0 Å². The van der Waals surface area contributed by atoms with Crippen LogP contribution >= 0.6 is 11.8 Å². The van der Waals surface area contributed by atoms with Gasteiger partial charge in [-0.25, -0.2) is 4.79 Å². The monoisotopic (exact) mass is 391 g/mol. The number of pyridine rings is 1. The van der Waals surface area contributed by atoms with Crippen LogP contribution in [0, 0.1) is 10.1 Å². The molecule has 0 fully saturated rings. The van der Waals surface area contributed by atoms with Crippen LogP contribution in [0.1, 0.15) is 20.8 Å². The maximum absolute atomic E-state index is 12.0. The summed E-state index contributed by atoms with van der Waals surface area (Å²) >= 11 is 1.22. The number of nitrogens with zero attached hydrogens (tertiary/aromatic N) is 2. The first-order valence-electron chi connectivity index (χ1n) is 8.23. The largest absolute Gasteiger partial charge is 0.444 e. The Labute approximate surface area is 160 Å². The molecule has 1 amide bonds. The third-order valence-corrected chi connectivity index (χ3v) is 4.31. The molecule has 0 unspecified atom stereocenters. The maximum Gasteiger partial charge on any atom is 0.407 e. The molecule has 144 valence electrons. The summed E-state index contributed by atoms with van der Waals surface area (Å²) < 4.78 is 6.55. The van der Waals surface area contributed by atoms with E-state index in [1.807, 2.05) is 0 Å². The quantitative estimate of drug-likeness (QED) is 0.350. The second kappa shape index (κ2) is 8.72. The van der Waals surface area contributed by atoms with Gasteiger partial charge in [0.25, 0.3) is 11.2 Å². The summed E-state index contributed by atoms with van der Waals surface area (Å²) in [5, 5.41) is 13.9. The molecule has 1 aromatic carbocycles. The number of ether oxygens (including phenoxy) is 1. The topological polar surface area (TPSA) is 103 Å². The van der Waals surface area contributed by atoms with E-state index in [2.05, 4.69) is 5.32 Å². The van der Waals surface area contributed by atoms with Gasteiger partial charge in [-0.1, -0.05) is 6.07 Å². The van der Waals surface area contributed by atoms with Crippen molar-refractivity contribution in [2.24, 2.45) is 0 Å². The van der Waals surface area contributed by atoms with Crippen molar-refractivity contribution in [2.75, 3.05) is 12.3 Å². The molecule has 0 atom stereocenters. The zero-order chi connectivity index (χ0) is 20.0. The lowest BCUT2D eigenvalue weighted by atomic mass is 10.2. The molecule has 9 heteroatoms. The first-order valence-corrected chi connectivity index (χ1v) is 9.22. The van der Waals surface area contributed by atoms with Crippen molar-refractivity contribution < 1.29 is 14.5 Å². The fraction of sp³-hybridized carbons (Fsp3) is 0.333. The lowest BCUT2D eigenvalue weighted by Gasteiger charge is -2.19. The summed E-state index contributed by atoms with van der Waals surface area (Å²) in [5.74, 6) is 0.410. The molecule has 1 N–H and O–H groups in total. The molecule has 0 bridgehead atoms. The predicted octanol–water partition coefficient (Wildman–Crippen LogP) is 3.36. The van der Waals surface area contributed by atoms with Gasteiger partial charge in [0.1, 0.15) is 5.60 Å². The highest BCUT2D eigenvalue weighted by Gasteiger charge is 2.17. The second-order valence-electron chi connectivity index (χ2n) is 6.60. The van der Waals surface area contributed by atoms with E-state index in [1.165, 1.54) is 34.5 Å². The smallest absolute Gasteiger partial charge is 0.407 e. The van der Waals surface area contributed by atoms with Crippen LogP contribution in [0.3, 0.4) is 0 Å². The maximum atomic E-state index is 12.0. The van der Waals surface area contributed by atoms with Crippen molar-refractivity contribution in [2.45, 2.75) is 31.3 Å². The zero-order valence-corrected chi connectivity index (χ0v) is 16.1. The van der Waals surface area contributed by atoms with Crippen LogP contribution in [0.4, 0.5) is 10.5 Å². The number of carbonyl (C=O) groups is 1. The third kappa shape index (κ3) is 6.14. The van der Waals surface area contributed by atoms with Crippen molar-refractivity contribution in [1.29, 1.82) is 0 Å². The molecule has 2 aromatic rings. The Morgan fingerprint density at radius 2 is 2.04 bits per heavy atom. The minimum absolute atomic E-state index is 0.0509. The van der Waals surface area contributed by atoms with E-state index < -0.39 is 16.6 Å². The van der Waals surface area contributed by atoms with Gasteiger partial charge in [0.05, 0.1) is 15.5 Å². The van der Waals surface area contributed by atoms with Crippen LogP contribution in [-0.4, -0.2) is 33.5 Å². The van der Waals surface area contributed by atoms with Crippen molar-refractivity contribution in [3.63, 3.8) is 0 Å². The number of alkyl carbamates (subject to hydrolysis) is 1. The average molecular weight is 391 g/mol. The molecule has 1 aromatic heterocycles. The highest BCUT2D eigenvalue weighted by molar-refractivity contribution is 7.99. The molecular formula is C18H21N3O5S. The number of nitrogens with one attached hydrogen (secondary N) is 1. The van der Waals surface area contributed by atoms with Gasteiger partial charge in [0, 0.05) is 30.6 Å². The van der Waals surface area contributed by atoms with Crippen molar-refractivity contribution in [1.82, 2.24) is 9.88 Å². The molecule has 0 radical (unpaired) electrons. The van der Waals surface area contributed by atoms with E-state index in [1.54, 1.807) is 45.2 Å². The summed E-state index contributed by atoms with van der Waals surface area (Å²) in [4.78, 5) is 34.8. The van der Waals surface area contributed by atoms with Crippen LogP contribution in [0.15, 0.2) is 52.3 Å². The van der Waals surface area contributed by atoms with E-state index in [0.29, 0.717) is 16.3 Å². The average Bonchev–Trinajstić information content (AvgIpc) is 2.57. The molecule has 27 heavy (non-hydrogen) atoms.